The van der Waals surface area contributed by atoms with E-state index in [0.29, 0.717) is 13.1 Å². The Labute approximate surface area is 242 Å². The molecule has 1 N–H and O–H groups in total. The van der Waals surface area contributed by atoms with Gasteiger partial charge in [-0.3, -0.25) is 14.5 Å². The normalized spacial score (nSPS) is 23.5. The zero-order valence-corrected chi connectivity index (χ0v) is 23.4. The van der Waals surface area contributed by atoms with Gasteiger partial charge in [0, 0.05) is 26.1 Å². The van der Waals surface area contributed by atoms with Crippen LogP contribution >= 0.6 is 0 Å². The zero-order valence-electron chi connectivity index (χ0n) is 23.4. The average Bonchev–Trinajstić information content (AvgIpc) is 3.29. The quantitative estimate of drug-likeness (QED) is 0.494. The number of benzene rings is 2. The summed E-state index contributed by atoms with van der Waals surface area (Å²) in [4.78, 5) is 46.0. The second-order valence-corrected chi connectivity index (χ2v) is 10.9. The first-order valence-electron chi connectivity index (χ1n) is 13.9. The average molecular weight is 583 g/mol. The van der Waals surface area contributed by atoms with Crippen molar-refractivity contribution in [3.8, 4) is 0 Å². The molecule has 4 atom stereocenters. The summed E-state index contributed by atoms with van der Waals surface area (Å²) in [6.07, 6.45) is -3.45. The lowest BCUT2D eigenvalue weighted by Gasteiger charge is -2.39. The molecule has 222 valence electrons. The molecule has 5 rings (SSSR count). The zero-order chi connectivity index (χ0) is 30.2. The van der Waals surface area contributed by atoms with Crippen molar-refractivity contribution in [2.24, 2.45) is 0 Å². The molecule has 0 bridgehead atoms. The Morgan fingerprint density at radius 2 is 1.71 bits per heavy atom. The Balaban J connectivity index is 1.57. The van der Waals surface area contributed by atoms with E-state index in [1.54, 1.807) is 4.90 Å². The predicted molar refractivity (Wildman–Crippen MR) is 149 cm³/mol. The highest BCUT2D eigenvalue weighted by Gasteiger charge is 2.49. The van der Waals surface area contributed by atoms with E-state index in [1.165, 1.54) is 34.1 Å². The minimum atomic E-state index is -4.71. The number of alkyl halides is 3. The second kappa shape index (κ2) is 11.6. The number of morpholine rings is 1. The van der Waals surface area contributed by atoms with Gasteiger partial charge >= 0.3 is 12.2 Å². The van der Waals surface area contributed by atoms with Crippen LogP contribution in [0.3, 0.4) is 0 Å². The molecule has 2 aromatic rings. The number of halogens is 3. The molecule has 3 aliphatic rings. The molecule has 0 aliphatic carbocycles. The van der Waals surface area contributed by atoms with Crippen molar-refractivity contribution in [2.45, 2.75) is 50.7 Å². The van der Waals surface area contributed by atoms with Crippen molar-refractivity contribution < 1.29 is 32.3 Å². The van der Waals surface area contributed by atoms with E-state index in [1.807, 2.05) is 44.2 Å². The third-order valence-electron chi connectivity index (χ3n) is 7.80. The summed E-state index contributed by atoms with van der Waals surface area (Å²) < 4.78 is 48.0. The van der Waals surface area contributed by atoms with Gasteiger partial charge in [-0.15, -0.1) is 6.58 Å². The number of hydrogen-bond acceptors (Lipinski definition) is 4. The molecule has 2 aromatic carbocycles. The van der Waals surface area contributed by atoms with E-state index < -0.39 is 35.8 Å². The van der Waals surface area contributed by atoms with Crippen LogP contribution in [0.25, 0.3) is 0 Å². The summed E-state index contributed by atoms with van der Waals surface area (Å²) in [6.45, 7) is 8.05. The molecule has 1 saturated heterocycles. The molecule has 42 heavy (non-hydrogen) atoms. The monoisotopic (exact) mass is 582 g/mol. The minimum Gasteiger partial charge on any atom is -0.372 e. The molecule has 8 nitrogen and oxygen atoms in total. The molecule has 0 unspecified atom stereocenters. The number of amides is 4. The smallest absolute Gasteiger partial charge is 0.372 e. The summed E-state index contributed by atoms with van der Waals surface area (Å²) in [5, 5.41) is 2.62. The van der Waals surface area contributed by atoms with Crippen LogP contribution in [-0.4, -0.2) is 77.0 Å². The fourth-order valence-corrected chi connectivity index (χ4v) is 6.06. The highest BCUT2D eigenvalue weighted by Crippen LogP contribution is 2.42. The minimum absolute atomic E-state index is 0.0164. The van der Waals surface area contributed by atoms with Crippen molar-refractivity contribution in [3.63, 3.8) is 0 Å². The lowest BCUT2D eigenvalue weighted by Crippen LogP contribution is -2.56. The molecule has 11 heteroatoms. The third kappa shape index (κ3) is 5.65. The van der Waals surface area contributed by atoms with Crippen LogP contribution in [0.4, 0.5) is 18.0 Å². The molecular weight excluding hydrogens is 549 g/mol. The SMILES string of the molecule is C=CCN1C(=O)N[C@H](c2ccccc2C(F)(F)F)C2=C1CN([C@H](Cc1ccccc1)C(=O)N1C[C@@H](C)O[C@H](C)C1)C2=O. The summed E-state index contributed by atoms with van der Waals surface area (Å²) in [5.74, 6) is -0.875. The van der Waals surface area contributed by atoms with Gasteiger partial charge in [0.2, 0.25) is 5.91 Å². The highest BCUT2D eigenvalue weighted by molar-refractivity contribution is 6.03. The van der Waals surface area contributed by atoms with Crippen LogP contribution < -0.4 is 5.32 Å². The molecule has 0 aromatic heterocycles. The van der Waals surface area contributed by atoms with Crippen LogP contribution in [0.1, 0.15) is 36.6 Å². The lowest BCUT2D eigenvalue weighted by atomic mass is 9.91. The Morgan fingerprint density at radius 3 is 2.36 bits per heavy atom. The lowest BCUT2D eigenvalue weighted by molar-refractivity contribution is -0.151. The van der Waals surface area contributed by atoms with Gasteiger partial charge in [0.15, 0.2) is 0 Å². The van der Waals surface area contributed by atoms with Crippen LogP contribution in [0.15, 0.2) is 78.5 Å². The van der Waals surface area contributed by atoms with Gasteiger partial charge in [0.1, 0.15) is 6.04 Å². The van der Waals surface area contributed by atoms with Crippen LogP contribution in [-0.2, 0) is 26.9 Å². The van der Waals surface area contributed by atoms with Gasteiger partial charge in [0.25, 0.3) is 5.91 Å². The first-order valence-corrected chi connectivity index (χ1v) is 13.9. The molecule has 3 aliphatic heterocycles. The Kier molecular flexibility index (Phi) is 8.14. The Morgan fingerprint density at radius 1 is 1.07 bits per heavy atom. The van der Waals surface area contributed by atoms with Gasteiger partial charge in [-0.2, -0.15) is 13.2 Å². The maximum Gasteiger partial charge on any atom is 0.416 e. The molecule has 0 radical (unpaired) electrons. The van der Waals surface area contributed by atoms with E-state index in [4.69, 9.17) is 4.74 Å². The number of nitrogens with one attached hydrogen (secondary N) is 1. The van der Waals surface area contributed by atoms with Crippen molar-refractivity contribution in [3.05, 3.63) is 95.2 Å². The van der Waals surface area contributed by atoms with Gasteiger partial charge in [0.05, 0.1) is 41.6 Å². The number of carbonyl (C=O) groups is 3. The van der Waals surface area contributed by atoms with Crippen molar-refractivity contribution in [1.29, 1.82) is 0 Å². The molecule has 3 heterocycles. The van der Waals surface area contributed by atoms with Gasteiger partial charge in [-0.1, -0.05) is 54.6 Å². The van der Waals surface area contributed by atoms with E-state index in [-0.39, 0.29) is 54.5 Å². The second-order valence-electron chi connectivity index (χ2n) is 10.9. The number of urea groups is 1. The summed E-state index contributed by atoms with van der Waals surface area (Å²) in [6, 6.07) is 11.2. The molecule has 0 saturated carbocycles. The van der Waals surface area contributed by atoms with Gasteiger partial charge < -0.3 is 19.9 Å². The van der Waals surface area contributed by atoms with Crippen molar-refractivity contribution in [2.75, 3.05) is 26.2 Å². The number of ether oxygens (including phenoxy) is 1. The standard InChI is InChI=1S/C31H33F3N4O4/c1-4-14-37-25-18-38(24(15-21-10-6-5-7-11-21)28(39)36-16-19(2)42-20(3)17-36)29(40)26(25)27(35-30(37)41)22-12-8-9-13-23(22)31(32,33)34/h4-13,19-20,24,27H,1,14-18H2,2-3H3,(H,35,41)/t19-,20-,24-,27-/m1/s1. The van der Waals surface area contributed by atoms with E-state index in [9.17, 15) is 27.6 Å². The molecule has 0 spiro atoms. The number of rotatable bonds is 7. The first-order chi connectivity index (χ1) is 20.0. The van der Waals surface area contributed by atoms with Crippen LogP contribution in [0, 0.1) is 0 Å². The Bertz CT molecular complexity index is 1400. The van der Waals surface area contributed by atoms with Crippen molar-refractivity contribution in [1.82, 2.24) is 20.0 Å². The summed E-state index contributed by atoms with van der Waals surface area (Å²) >= 11 is 0. The van der Waals surface area contributed by atoms with Crippen molar-refractivity contribution >= 4 is 17.8 Å². The largest absolute Gasteiger partial charge is 0.416 e. The maximum atomic E-state index is 14.3. The highest BCUT2D eigenvalue weighted by atomic mass is 19.4. The van der Waals surface area contributed by atoms with E-state index in [0.717, 1.165) is 11.6 Å². The van der Waals surface area contributed by atoms with Crippen LogP contribution in [0.5, 0.6) is 0 Å². The number of nitrogens with zero attached hydrogens (tertiary/aromatic N) is 3. The molecular formula is C31H33F3N4O4. The summed E-state index contributed by atoms with van der Waals surface area (Å²) in [5.41, 5.74) is -0.0817. The fraction of sp³-hybridized carbons (Fsp3) is 0.387. The number of hydrogen-bond donors (Lipinski definition) is 1. The fourth-order valence-electron chi connectivity index (χ4n) is 6.06. The van der Waals surface area contributed by atoms with Gasteiger partial charge in [-0.05, 0) is 31.0 Å². The third-order valence-corrected chi connectivity index (χ3v) is 7.80. The Hall–Kier alpha value is -4.12. The maximum absolute atomic E-state index is 14.3. The molecule has 1 fully saturated rings. The van der Waals surface area contributed by atoms with Gasteiger partial charge in [-0.25, -0.2) is 4.79 Å². The van der Waals surface area contributed by atoms with E-state index in [2.05, 4.69) is 11.9 Å². The summed E-state index contributed by atoms with van der Waals surface area (Å²) in [7, 11) is 0. The number of carbonyl (C=O) groups excluding carboxylic acids is 3. The predicted octanol–water partition coefficient (Wildman–Crippen LogP) is 4.30. The first kappa shape index (κ1) is 29.4. The molecule has 4 amide bonds. The topological polar surface area (TPSA) is 82.2 Å². The van der Waals surface area contributed by atoms with E-state index >= 15 is 0 Å². The van der Waals surface area contributed by atoms with Crippen LogP contribution in [0.2, 0.25) is 0 Å².